The van der Waals surface area contributed by atoms with Crippen LogP contribution in [-0.4, -0.2) is 33.7 Å². The van der Waals surface area contributed by atoms with Crippen molar-refractivity contribution in [2.24, 2.45) is 5.92 Å². The molecule has 3 aromatic rings. The molecular formula is C26H26FN5O2S2. The largest absolute Gasteiger partial charge is 0.351 e. The first-order chi connectivity index (χ1) is 17.5. The highest BCUT2D eigenvalue weighted by atomic mass is 32.2. The number of hydrogen-bond donors (Lipinski definition) is 3. The van der Waals surface area contributed by atoms with Crippen molar-refractivity contribution < 1.29 is 14.0 Å². The number of thioether (sulfide) groups is 1. The van der Waals surface area contributed by atoms with Gasteiger partial charge in [-0.05, 0) is 103 Å². The predicted molar refractivity (Wildman–Crippen MR) is 142 cm³/mol. The van der Waals surface area contributed by atoms with Gasteiger partial charge in [0.05, 0.1) is 10.6 Å². The molecule has 1 aromatic carbocycles. The lowest BCUT2D eigenvalue weighted by Crippen LogP contribution is -2.31. The Morgan fingerprint density at radius 1 is 1.14 bits per heavy atom. The lowest BCUT2D eigenvalue weighted by molar-refractivity contribution is -0.115. The molecule has 2 aromatic heterocycles. The van der Waals surface area contributed by atoms with Gasteiger partial charge in [-0.15, -0.1) is 11.3 Å². The Morgan fingerprint density at radius 3 is 2.75 bits per heavy atom. The molecule has 5 rings (SSSR count). The Hall–Kier alpha value is -3.08. The van der Waals surface area contributed by atoms with E-state index in [4.69, 9.17) is 0 Å². The summed E-state index contributed by atoms with van der Waals surface area (Å²) in [5, 5.41) is 10.8. The first-order valence-electron chi connectivity index (χ1n) is 11.9. The summed E-state index contributed by atoms with van der Waals surface area (Å²) in [6, 6.07) is 11.2. The summed E-state index contributed by atoms with van der Waals surface area (Å²) in [6.45, 7) is 1.54. The van der Waals surface area contributed by atoms with E-state index in [9.17, 15) is 14.0 Å². The molecule has 0 spiro atoms. The van der Waals surface area contributed by atoms with Gasteiger partial charge in [0.15, 0.2) is 0 Å². The molecule has 3 heterocycles. The Kier molecular flexibility index (Phi) is 7.74. The van der Waals surface area contributed by atoms with E-state index in [1.54, 1.807) is 41.8 Å². The van der Waals surface area contributed by atoms with Crippen LogP contribution in [0.15, 0.2) is 52.9 Å². The maximum atomic E-state index is 14.1. The molecule has 1 aliphatic carbocycles. The van der Waals surface area contributed by atoms with Crippen LogP contribution in [-0.2, 0) is 11.3 Å². The number of carbonyl (C=O) groups is 2. The smallest absolute Gasteiger partial charge is 0.290 e. The maximum Gasteiger partial charge on any atom is 0.290 e. The second-order valence-corrected chi connectivity index (χ2v) is 10.9. The number of thiophene rings is 1. The van der Waals surface area contributed by atoms with Crippen LogP contribution in [0.5, 0.6) is 0 Å². The van der Waals surface area contributed by atoms with Crippen LogP contribution in [0.4, 0.5) is 15.1 Å². The number of imide groups is 1. The molecule has 36 heavy (non-hydrogen) atoms. The average molecular weight is 524 g/mol. The summed E-state index contributed by atoms with van der Waals surface area (Å²) in [5.41, 5.74) is 2.46. The standard InChI is InChI=1S/C26H26FN5O2S2/c27-19-11-17(10-18(12-19)22-2-1-9-35-22)15-28-14-16-3-5-20(6-4-16)30-25-29-8-7-21(31-25)13-23-24(33)32-26(34)36-23/h1-2,7-13,16,20,28H,3-6,14-15H2,(H,29,30,31)(H,32,33,34)/b23-13-. The van der Waals surface area contributed by atoms with E-state index in [2.05, 4.69) is 32.0 Å². The molecule has 7 nitrogen and oxygen atoms in total. The number of amides is 2. The van der Waals surface area contributed by atoms with Gasteiger partial charge in [0, 0.05) is 23.7 Å². The van der Waals surface area contributed by atoms with Gasteiger partial charge in [-0.3, -0.25) is 14.9 Å². The monoisotopic (exact) mass is 523 g/mol. The summed E-state index contributed by atoms with van der Waals surface area (Å²) < 4.78 is 14.1. The molecule has 2 amide bonds. The van der Waals surface area contributed by atoms with Gasteiger partial charge in [-0.25, -0.2) is 14.4 Å². The summed E-state index contributed by atoms with van der Waals surface area (Å²) >= 11 is 2.49. The number of hydrogen-bond acceptors (Lipinski definition) is 8. The fraction of sp³-hybridized carbons (Fsp3) is 0.308. The highest BCUT2D eigenvalue weighted by molar-refractivity contribution is 8.18. The van der Waals surface area contributed by atoms with E-state index in [1.807, 2.05) is 17.5 Å². The Morgan fingerprint density at radius 2 is 2.00 bits per heavy atom. The zero-order valence-electron chi connectivity index (χ0n) is 19.5. The summed E-state index contributed by atoms with van der Waals surface area (Å²) in [7, 11) is 0. The molecule has 1 saturated heterocycles. The molecule has 0 radical (unpaired) electrons. The third-order valence-corrected chi connectivity index (χ3v) is 8.03. The molecular weight excluding hydrogens is 497 g/mol. The molecule has 3 N–H and O–H groups in total. The normalized spacial score (nSPS) is 21.1. The van der Waals surface area contributed by atoms with E-state index < -0.39 is 5.91 Å². The van der Waals surface area contributed by atoms with Gasteiger partial charge in [0.1, 0.15) is 5.82 Å². The van der Waals surface area contributed by atoms with Crippen LogP contribution in [0.2, 0.25) is 0 Å². The van der Waals surface area contributed by atoms with E-state index in [-0.39, 0.29) is 17.1 Å². The topological polar surface area (TPSA) is 96.0 Å². The fourth-order valence-corrected chi connectivity index (χ4v) is 5.91. The SMILES string of the molecule is O=C1NC(=O)/C(=C/c2ccnc(NC3CCC(CNCc4cc(F)cc(-c5cccs5)c4)CC3)n2)S1. The number of halogens is 1. The molecule has 10 heteroatoms. The number of benzene rings is 1. The second kappa shape index (κ2) is 11.3. The van der Waals surface area contributed by atoms with Crippen molar-refractivity contribution in [3.63, 3.8) is 0 Å². The van der Waals surface area contributed by atoms with Crippen LogP contribution in [0.25, 0.3) is 16.5 Å². The van der Waals surface area contributed by atoms with Gasteiger partial charge in [0.25, 0.3) is 11.1 Å². The zero-order chi connectivity index (χ0) is 24.9. The van der Waals surface area contributed by atoms with Crippen molar-refractivity contribution in [3.8, 4) is 10.4 Å². The maximum absolute atomic E-state index is 14.1. The third-order valence-electron chi connectivity index (χ3n) is 6.30. The summed E-state index contributed by atoms with van der Waals surface area (Å²) in [4.78, 5) is 33.3. The van der Waals surface area contributed by atoms with Crippen LogP contribution in [0.1, 0.15) is 36.9 Å². The minimum absolute atomic E-state index is 0.203. The van der Waals surface area contributed by atoms with Gasteiger partial charge in [0.2, 0.25) is 5.95 Å². The highest BCUT2D eigenvalue weighted by Crippen LogP contribution is 2.28. The van der Waals surface area contributed by atoms with Gasteiger partial charge in [-0.1, -0.05) is 6.07 Å². The average Bonchev–Trinajstić information content (AvgIpc) is 3.50. The molecule has 0 atom stereocenters. The van der Waals surface area contributed by atoms with Crippen molar-refractivity contribution in [2.75, 3.05) is 11.9 Å². The summed E-state index contributed by atoms with van der Waals surface area (Å²) in [6.07, 6.45) is 7.43. The van der Waals surface area contributed by atoms with Crippen molar-refractivity contribution in [1.82, 2.24) is 20.6 Å². The van der Waals surface area contributed by atoms with Crippen LogP contribution < -0.4 is 16.0 Å². The van der Waals surface area contributed by atoms with E-state index in [1.165, 1.54) is 0 Å². The summed E-state index contributed by atoms with van der Waals surface area (Å²) in [5.74, 6) is 0.491. The lowest BCUT2D eigenvalue weighted by Gasteiger charge is -2.29. The number of carbonyl (C=O) groups excluding carboxylic acids is 2. The molecule has 2 fully saturated rings. The first-order valence-corrected chi connectivity index (χ1v) is 13.6. The molecule has 0 bridgehead atoms. The van der Waals surface area contributed by atoms with Crippen molar-refractivity contribution in [1.29, 1.82) is 0 Å². The Bertz CT molecular complexity index is 1270. The van der Waals surface area contributed by atoms with Crippen LogP contribution in [0.3, 0.4) is 0 Å². The minimum atomic E-state index is -0.398. The van der Waals surface area contributed by atoms with E-state index >= 15 is 0 Å². The highest BCUT2D eigenvalue weighted by Gasteiger charge is 2.25. The molecule has 2 aliphatic rings. The Labute approximate surface area is 217 Å². The molecule has 0 unspecified atom stereocenters. The number of rotatable bonds is 8. The van der Waals surface area contributed by atoms with Gasteiger partial charge >= 0.3 is 0 Å². The third kappa shape index (κ3) is 6.37. The minimum Gasteiger partial charge on any atom is -0.351 e. The second-order valence-electron chi connectivity index (χ2n) is 8.98. The first kappa shape index (κ1) is 24.6. The predicted octanol–water partition coefficient (Wildman–Crippen LogP) is 5.43. The van der Waals surface area contributed by atoms with Crippen molar-refractivity contribution in [3.05, 3.63) is 70.0 Å². The number of aromatic nitrogens is 2. The number of anilines is 1. The van der Waals surface area contributed by atoms with Crippen molar-refractivity contribution >= 4 is 46.3 Å². The van der Waals surface area contributed by atoms with Crippen molar-refractivity contribution in [2.45, 2.75) is 38.3 Å². The van der Waals surface area contributed by atoms with Gasteiger partial charge in [-0.2, -0.15) is 0 Å². The molecule has 1 aliphatic heterocycles. The van der Waals surface area contributed by atoms with Crippen LogP contribution in [0, 0.1) is 11.7 Å². The molecule has 1 saturated carbocycles. The van der Waals surface area contributed by atoms with Crippen LogP contribution >= 0.6 is 23.1 Å². The van der Waals surface area contributed by atoms with E-state index in [0.29, 0.717) is 29.0 Å². The fourth-order valence-electron chi connectivity index (χ4n) is 4.53. The quantitative estimate of drug-likeness (QED) is 0.339. The molecule has 186 valence electrons. The van der Waals surface area contributed by atoms with Gasteiger partial charge < -0.3 is 10.6 Å². The number of nitrogens with zero attached hydrogens (tertiary/aromatic N) is 2. The zero-order valence-corrected chi connectivity index (χ0v) is 21.1. The number of nitrogens with one attached hydrogen (secondary N) is 3. The lowest BCUT2D eigenvalue weighted by atomic mass is 9.86. The Balaban J connectivity index is 1.08. The van der Waals surface area contributed by atoms with E-state index in [0.717, 1.165) is 60.0 Å².